The minimum Gasteiger partial charge on any atom is -0.0991 e. The van der Waals surface area contributed by atoms with E-state index >= 15 is 0 Å². The third kappa shape index (κ3) is 7.33. The van der Waals surface area contributed by atoms with Gasteiger partial charge in [0.15, 0.2) is 0 Å². The summed E-state index contributed by atoms with van der Waals surface area (Å²) in [5.74, 6) is 1.26. The van der Waals surface area contributed by atoms with Crippen LogP contribution in [-0.2, 0) is 0 Å². The maximum absolute atomic E-state index is 3.74. The minimum atomic E-state index is 0. The van der Waals surface area contributed by atoms with Crippen LogP contribution in [-0.4, -0.2) is 0 Å². The second kappa shape index (κ2) is 14.1. The molecule has 2 unspecified atom stereocenters. The predicted octanol–water partition coefficient (Wildman–Crippen LogP) is 6.89. The Hall–Kier alpha value is -1.30. The van der Waals surface area contributed by atoms with Gasteiger partial charge in [0, 0.05) is 0 Å². The fraction of sp³-hybridized carbons (Fsp3) is 0.500. The molecular formula is C20H34. The van der Waals surface area contributed by atoms with Gasteiger partial charge in [-0.05, 0) is 43.6 Å². The van der Waals surface area contributed by atoms with Crippen LogP contribution in [0.3, 0.4) is 0 Å². The van der Waals surface area contributed by atoms with Crippen LogP contribution in [0.2, 0.25) is 0 Å². The molecule has 1 aliphatic carbocycles. The van der Waals surface area contributed by atoms with Crippen LogP contribution < -0.4 is 0 Å². The lowest BCUT2D eigenvalue weighted by Crippen LogP contribution is -2.13. The van der Waals surface area contributed by atoms with Gasteiger partial charge in [-0.1, -0.05) is 83.4 Å². The molecule has 0 heteroatoms. The lowest BCUT2D eigenvalue weighted by molar-refractivity contribution is 0.450. The molecule has 0 amide bonds. The van der Waals surface area contributed by atoms with Gasteiger partial charge in [0.2, 0.25) is 0 Å². The van der Waals surface area contributed by atoms with Gasteiger partial charge in [-0.2, -0.15) is 0 Å². The zero-order valence-corrected chi connectivity index (χ0v) is 13.1. The topological polar surface area (TPSA) is 0 Å². The molecule has 2 atom stereocenters. The van der Waals surface area contributed by atoms with Gasteiger partial charge in [-0.25, -0.2) is 0 Å². The molecule has 0 spiro atoms. The van der Waals surface area contributed by atoms with E-state index in [1.165, 1.54) is 12.0 Å². The van der Waals surface area contributed by atoms with Gasteiger partial charge in [-0.15, -0.1) is 0 Å². The summed E-state index contributed by atoms with van der Waals surface area (Å²) in [5.41, 5.74) is 1.43. The molecule has 20 heavy (non-hydrogen) atoms. The SMILES string of the molecule is C.C=C/C=C\C(=C/C)C(CC)C1C=CCC=CC1.CC. The third-order valence-corrected chi connectivity index (χ3v) is 3.37. The maximum atomic E-state index is 3.74. The van der Waals surface area contributed by atoms with Crippen molar-refractivity contribution in [2.24, 2.45) is 11.8 Å². The molecule has 0 aliphatic heterocycles. The van der Waals surface area contributed by atoms with E-state index in [1.807, 2.05) is 26.0 Å². The van der Waals surface area contributed by atoms with Crippen molar-refractivity contribution < 1.29 is 0 Å². The first-order valence-electron chi connectivity index (χ1n) is 7.60. The monoisotopic (exact) mass is 274 g/mol. The summed E-state index contributed by atoms with van der Waals surface area (Å²) in [6.45, 7) is 12.1. The van der Waals surface area contributed by atoms with Crippen LogP contribution in [0.1, 0.15) is 54.4 Å². The van der Waals surface area contributed by atoms with Crippen LogP contribution in [0.15, 0.2) is 60.8 Å². The van der Waals surface area contributed by atoms with E-state index in [-0.39, 0.29) is 7.43 Å². The van der Waals surface area contributed by atoms with Crippen molar-refractivity contribution in [3.63, 3.8) is 0 Å². The second-order valence-electron chi connectivity index (χ2n) is 4.43. The van der Waals surface area contributed by atoms with Crippen LogP contribution in [0.25, 0.3) is 0 Å². The Morgan fingerprint density at radius 2 is 2.00 bits per heavy atom. The van der Waals surface area contributed by atoms with E-state index in [0.29, 0.717) is 11.8 Å². The van der Waals surface area contributed by atoms with Crippen molar-refractivity contribution in [2.75, 3.05) is 0 Å². The van der Waals surface area contributed by atoms with Gasteiger partial charge >= 0.3 is 0 Å². The summed E-state index contributed by atoms with van der Waals surface area (Å²) in [5, 5.41) is 0. The Balaban J connectivity index is 0. The third-order valence-electron chi connectivity index (χ3n) is 3.37. The molecule has 0 heterocycles. The highest BCUT2D eigenvalue weighted by Crippen LogP contribution is 2.30. The molecule has 0 nitrogen and oxygen atoms in total. The Morgan fingerprint density at radius 3 is 2.55 bits per heavy atom. The Kier molecular flexibility index (Phi) is 14.8. The fourth-order valence-corrected chi connectivity index (χ4v) is 2.46. The van der Waals surface area contributed by atoms with E-state index in [0.717, 1.165) is 12.8 Å². The van der Waals surface area contributed by atoms with E-state index in [4.69, 9.17) is 0 Å². The summed E-state index contributed by atoms with van der Waals surface area (Å²) in [7, 11) is 0. The van der Waals surface area contributed by atoms with Gasteiger partial charge < -0.3 is 0 Å². The fourth-order valence-electron chi connectivity index (χ4n) is 2.46. The zero-order chi connectivity index (χ0) is 14.5. The average molecular weight is 274 g/mol. The minimum absolute atomic E-state index is 0. The molecule has 0 aromatic rings. The van der Waals surface area contributed by atoms with E-state index < -0.39 is 0 Å². The van der Waals surface area contributed by atoms with Gasteiger partial charge in [-0.3, -0.25) is 0 Å². The van der Waals surface area contributed by atoms with Gasteiger partial charge in [0.1, 0.15) is 0 Å². The second-order valence-corrected chi connectivity index (χ2v) is 4.43. The van der Waals surface area contributed by atoms with Crippen molar-refractivity contribution in [1.29, 1.82) is 0 Å². The molecule has 0 radical (unpaired) electrons. The van der Waals surface area contributed by atoms with Crippen molar-refractivity contribution in [3.05, 3.63) is 60.8 Å². The Bertz CT molecular complexity index is 339. The molecule has 0 aromatic carbocycles. The normalized spacial score (nSPS) is 19.6. The summed E-state index contributed by atoms with van der Waals surface area (Å²) in [6, 6.07) is 0. The number of hydrogen-bond donors (Lipinski definition) is 0. The molecule has 0 bridgehead atoms. The van der Waals surface area contributed by atoms with Crippen molar-refractivity contribution in [3.8, 4) is 0 Å². The molecule has 0 aromatic heterocycles. The van der Waals surface area contributed by atoms with E-state index in [2.05, 4.69) is 56.9 Å². The first-order chi connectivity index (χ1) is 9.33. The number of rotatable bonds is 5. The Morgan fingerprint density at radius 1 is 1.30 bits per heavy atom. The van der Waals surface area contributed by atoms with Crippen LogP contribution in [0.4, 0.5) is 0 Å². The molecule has 0 saturated carbocycles. The smallest absolute Gasteiger partial charge is 0.0102 e. The molecule has 0 N–H and O–H groups in total. The summed E-state index contributed by atoms with van der Waals surface area (Å²) in [6.07, 6.45) is 21.0. The zero-order valence-electron chi connectivity index (χ0n) is 13.1. The predicted molar refractivity (Wildman–Crippen MR) is 96.0 cm³/mol. The lowest BCUT2D eigenvalue weighted by Gasteiger charge is -2.23. The quantitative estimate of drug-likeness (QED) is 0.378. The summed E-state index contributed by atoms with van der Waals surface area (Å²) >= 11 is 0. The highest BCUT2D eigenvalue weighted by molar-refractivity contribution is 5.26. The average Bonchev–Trinajstić information content (AvgIpc) is 2.74. The summed E-state index contributed by atoms with van der Waals surface area (Å²) < 4.78 is 0. The molecule has 1 aliphatic rings. The van der Waals surface area contributed by atoms with E-state index in [1.54, 1.807) is 0 Å². The summed E-state index contributed by atoms with van der Waals surface area (Å²) in [4.78, 5) is 0. The molecular weight excluding hydrogens is 240 g/mol. The Labute approximate surface area is 127 Å². The highest BCUT2D eigenvalue weighted by atomic mass is 14.2. The van der Waals surface area contributed by atoms with Crippen molar-refractivity contribution in [2.45, 2.75) is 54.4 Å². The maximum Gasteiger partial charge on any atom is -0.0102 e. The van der Waals surface area contributed by atoms with Crippen LogP contribution in [0.5, 0.6) is 0 Å². The van der Waals surface area contributed by atoms with Crippen LogP contribution >= 0.6 is 0 Å². The number of hydrogen-bond acceptors (Lipinski definition) is 0. The first-order valence-corrected chi connectivity index (χ1v) is 7.60. The molecule has 0 fully saturated rings. The number of allylic oxidation sites excluding steroid dienone is 9. The van der Waals surface area contributed by atoms with Gasteiger partial charge in [0.05, 0.1) is 0 Å². The van der Waals surface area contributed by atoms with Crippen molar-refractivity contribution >= 4 is 0 Å². The van der Waals surface area contributed by atoms with Crippen LogP contribution in [0, 0.1) is 11.8 Å². The molecule has 1 rings (SSSR count). The largest absolute Gasteiger partial charge is 0.0991 e. The van der Waals surface area contributed by atoms with Gasteiger partial charge in [0.25, 0.3) is 0 Å². The molecule has 0 saturated heterocycles. The first kappa shape index (κ1) is 21.0. The molecule has 114 valence electrons. The highest BCUT2D eigenvalue weighted by Gasteiger charge is 2.19. The standard InChI is InChI=1S/C17H24.C2H6.CH4/c1-4-7-12-15(5-2)17(6-3)16-13-10-8-9-11-14-16;1-2;/h4-5,7-8,10-12,14,16-17H,1,6,9,13H2,2-3H3;1-2H3;1H4/b12-7-,15-5+;;. The van der Waals surface area contributed by atoms with E-state index in [9.17, 15) is 0 Å². The lowest BCUT2D eigenvalue weighted by atomic mass is 9.81. The van der Waals surface area contributed by atoms with Crippen molar-refractivity contribution in [1.82, 2.24) is 0 Å².